The Balaban J connectivity index is 0.00000172. The number of rotatable bonds is 7. The van der Waals surface area contributed by atoms with Crippen LogP contribution in [0.25, 0.3) is 0 Å². The van der Waals surface area contributed by atoms with Gasteiger partial charge in [0.05, 0.1) is 0 Å². The molecule has 0 aliphatic rings. The molecule has 0 aliphatic heterocycles. The Morgan fingerprint density at radius 2 is 1.75 bits per heavy atom. The van der Waals surface area contributed by atoms with Crippen LogP contribution in [0.1, 0.15) is 20.8 Å². The summed E-state index contributed by atoms with van der Waals surface area (Å²) in [6.45, 7) is 9.24. The van der Waals surface area contributed by atoms with Crippen molar-refractivity contribution < 1.29 is 4.79 Å². The summed E-state index contributed by atoms with van der Waals surface area (Å²) in [6, 6.07) is 8.00. The maximum Gasteiger partial charge on any atom is 0.221 e. The third-order valence-electron chi connectivity index (χ3n) is 2.75. The normalized spacial score (nSPS) is 9.90. The van der Waals surface area contributed by atoms with Gasteiger partial charge in [0.1, 0.15) is 0 Å². The first kappa shape index (κ1) is 19.7. The second-order valence-corrected chi connectivity index (χ2v) is 5.25. The zero-order valence-corrected chi connectivity index (χ0v) is 15.8. The number of thioether (sulfide) groups is 1. The van der Waals surface area contributed by atoms with Gasteiger partial charge in [-0.3, -0.25) is 4.79 Å². The minimum absolute atomic E-state index is 0.0306. The molecule has 0 heterocycles. The molecule has 20 heavy (non-hydrogen) atoms. The summed E-state index contributed by atoms with van der Waals surface area (Å²) in [7, 11) is 0. The maximum atomic E-state index is 10.9. The van der Waals surface area contributed by atoms with Crippen LogP contribution < -0.4 is 5.32 Å². The van der Waals surface area contributed by atoms with Gasteiger partial charge in [-0.15, -0.1) is 11.8 Å². The van der Waals surface area contributed by atoms with E-state index in [0.29, 0.717) is 0 Å². The Kier molecular flexibility index (Phi) is 12.3. The number of benzene rings is 1. The predicted octanol–water partition coefficient (Wildman–Crippen LogP) is 4.13. The Morgan fingerprint density at radius 3 is 2.20 bits per heavy atom. The third kappa shape index (κ3) is 8.81. The van der Waals surface area contributed by atoms with Crippen LogP contribution in [0.2, 0.25) is 0 Å². The summed E-state index contributed by atoms with van der Waals surface area (Å²) in [6.07, 6.45) is 0. The molecular weight excluding hydrogens is 383 g/mol. The lowest BCUT2D eigenvalue weighted by Crippen LogP contribution is -2.25. The van der Waals surface area contributed by atoms with Crippen LogP contribution in [-0.2, 0) is 4.79 Å². The van der Waals surface area contributed by atoms with Gasteiger partial charge in [-0.2, -0.15) is 0 Å². The predicted molar refractivity (Wildman–Crippen MR) is 99.2 cm³/mol. The first-order valence-corrected chi connectivity index (χ1v) is 9.90. The van der Waals surface area contributed by atoms with Crippen molar-refractivity contribution in [3.63, 3.8) is 0 Å². The summed E-state index contributed by atoms with van der Waals surface area (Å²) in [4.78, 5) is 16.5. The first-order valence-electron chi connectivity index (χ1n) is 6.76. The molecule has 0 fully saturated rings. The van der Waals surface area contributed by atoms with Crippen LogP contribution >= 0.6 is 34.4 Å². The molecule has 0 saturated heterocycles. The fourth-order valence-electron chi connectivity index (χ4n) is 1.67. The molecule has 0 atom stereocenters. The van der Waals surface area contributed by atoms with Crippen LogP contribution in [0.3, 0.4) is 0 Å². The van der Waals surface area contributed by atoms with E-state index in [9.17, 15) is 4.79 Å². The SMILES string of the molecule is CCN(CC)CCSc1ccc(NC(C)=O)cc1.CI. The van der Waals surface area contributed by atoms with E-state index in [0.717, 1.165) is 31.1 Å². The fraction of sp³-hybridized carbons (Fsp3) is 0.533. The Hall–Kier alpha value is -0.270. The largest absolute Gasteiger partial charge is 0.326 e. The lowest BCUT2D eigenvalue weighted by molar-refractivity contribution is -0.114. The van der Waals surface area contributed by atoms with Gasteiger partial charge in [0, 0.05) is 29.8 Å². The molecule has 0 spiro atoms. The Labute approximate surface area is 141 Å². The number of nitrogens with zero attached hydrogens (tertiary/aromatic N) is 1. The second-order valence-electron chi connectivity index (χ2n) is 4.08. The van der Waals surface area contributed by atoms with E-state index in [-0.39, 0.29) is 5.91 Å². The molecule has 1 N–H and O–H groups in total. The molecule has 1 rings (SSSR count). The lowest BCUT2D eigenvalue weighted by Gasteiger charge is -2.17. The molecule has 1 aromatic carbocycles. The summed E-state index contributed by atoms with van der Waals surface area (Å²) in [5.74, 6) is 1.07. The van der Waals surface area contributed by atoms with Crippen molar-refractivity contribution in [2.24, 2.45) is 0 Å². The molecule has 0 bridgehead atoms. The van der Waals surface area contributed by atoms with E-state index in [1.807, 2.05) is 28.8 Å². The molecule has 114 valence electrons. The van der Waals surface area contributed by atoms with Crippen LogP contribution in [0.5, 0.6) is 0 Å². The van der Waals surface area contributed by atoms with Crippen LogP contribution in [-0.4, -0.2) is 41.1 Å². The number of hydrogen-bond acceptors (Lipinski definition) is 3. The van der Waals surface area contributed by atoms with Crippen molar-refractivity contribution in [2.75, 3.05) is 35.6 Å². The number of halogens is 1. The highest BCUT2D eigenvalue weighted by Crippen LogP contribution is 2.20. The number of carbonyl (C=O) groups is 1. The van der Waals surface area contributed by atoms with Gasteiger partial charge < -0.3 is 10.2 Å². The first-order chi connectivity index (χ1) is 9.65. The van der Waals surface area contributed by atoms with Crippen molar-refractivity contribution in [1.82, 2.24) is 4.90 Å². The minimum Gasteiger partial charge on any atom is -0.326 e. The number of nitrogens with one attached hydrogen (secondary N) is 1. The molecule has 0 aliphatic carbocycles. The van der Waals surface area contributed by atoms with Gasteiger partial charge in [0.25, 0.3) is 0 Å². The number of hydrogen-bond donors (Lipinski definition) is 1. The standard InChI is InChI=1S/C14H22N2OS.CH3I/c1-4-16(5-2)10-11-18-14-8-6-13(7-9-14)15-12(3)17;1-2/h6-9H,4-5,10-11H2,1-3H3,(H,15,17);1H3. The van der Waals surface area contributed by atoms with Gasteiger partial charge in [-0.05, 0) is 42.3 Å². The van der Waals surface area contributed by atoms with Crippen molar-refractivity contribution >= 4 is 45.9 Å². The molecule has 0 aromatic heterocycles. The van der Waals surface area contributed by atoms with Crippen molar-refractivity contribution in [1.29, 1.82) is 0 Å². The number of amides is 1. The highest BCUT2D eigenvalue weighted by molar-refractivity contribution is 14.1. The number of carbonyl (C=O) groups excluding carboxylic acids is 1. The monoisotopic (exact) mass is 408 g/mol. The van der Waals surface area contributed by atoms with E-state index in [1.54, 1.807) is 0 Å². The van der Waals surface area contributed by atoms with Crippen molar-refractivity contribution in [3.05, 3.63) is 24.3 Å². The molecule has 3 nitrogen and oxygen atoms in total. The summed E-state index contributed by atoms with van der Waals surface area (Å²) >= 11 is 4.00. The van der Waals surface area contributed by atoms with Crippen LogP contribution in [0.15, 0.2) is 29.2 Å². The average Bonchev–Trinajstić information content (AvgIpc) is 2.47. The topological polar surface area (TPSA) is 32.3 Å². The molecule has 5 heteroatoms. The van der Waals surface area contributed by atoms with Crippen LogP contribution in [0.4, 0.5) is 5.69 Å². The second kappa shape index (κ2) is 12.5. The summed E-state index contributed by atoms with van der Waals surface area (Å²) in [5, 5.41) is 2.77. The van der Waals surface area contributed by atoms with Gasteiger partial charge in [0.15, 0.2) is 0 Å². The van der Waals surface area contributed by atoms with Gasteiger partial charge in [-0.1, -0.05) is 36.4 Å². The number of alkyl halides is 1. The maximum absolute atomic E-state index is 10.9. The van der Waals surface area contributed by atoms with Crippen molar-refractivity contribution in [2.45, 2.75) is 25.7 Å². The van der Waals surface area contributed by atoms with E-state index in [1.165, 1.54) is 11.8 Å². The minimum atomic E-state index is -0.0306. The smallest absolute Gasteiger partial charge is 0.221 e. The van der Waals surface area contributed by atoms with Gasteiger partial charge in [-0.25, -0.2) is 0 Å². The Morgan fingerprint density at radius 1 is 1.20 bits per heavy atom. The highest BCUT2D eigenvalue weighted by Gasteiger charge is 2.00. The van der Waals surface area contributed by atoms with E-state index in [4.69, 9.17) is 0 Å². The van der Waals surface area contributed by atoms with Gasteiger partial charge in [0.2, 0.25) is 5.91 Å². The lowest BCUT2D eigenvalue weighted by atomic mass is 10.3. The summed E-state index contributed by atoms with van der Waals surface area (Å²) < 4.78 is 0. The Bertz CT molecular complexity index is 367. The highest BCUT2D eigenvalue weighted by atomic mass is 127. The van der Waals surface area contributed by atoms with Crippen molar-refractivity contribution in [3.8, 4) is 0 Å². The van der Waals surface area contributed by atoms with Gasteiger partial charge >= 0.3 is 0 Å². The third-order valence-corrected chi connectivity index (χ3v) is 3.74. The molecule has 0 radical (unpaired) electrons. The molecule has 0 unspecified atom stereocenters. The van der Waals surface area contributed by atoms with Crippen LogP contribution in [0, 0.1) is 0 Å². The number of anilines is 1. The zero-order chi connectivity index (χ0) is 15.4. The molecule has 0 saturated carbocycles. The molecular formula is C15H25IN2OS. The quantitative estimate of drug-likeness (QED) is 0.418. The summed E-state index contributed by atoms with van der Waals surface area (Å²) in [5.41, 5.74) is 0.857. The average molecular weight is 408 g/mol. The van der Waals surface area contributed by atoms with E-state index in [2.05, 4.69) is 58.8 Å². The molecule has 1 amide bonds. The fourth-order valence-corrected chi connectivity index (χ4v) is 2.58. The van der Waals surface area contributed by atoms with E-state index >= 15 is 0 Å². The van der Waals surface area contributed by atoms with E-state index < -0.39 is 0 Å². The zero-order valence-electron chi connectivity index (χ0n) is 12.8. The molecule has 1 aromatic rings.